The van der Waals surface area contributed by atoms with E-state index in [1.54, 1.807) is 63.2 Å². The highest BCUT2D eigenvalue weighted by atomic mass is 35.5. The van der Waals surface area contributed by atoms with Crippen LogP contribution in [0.1, 0.15) is 47.2 Å². The van der Waals surface area contributed by atoms with E-state index in [2.05, 4.69) is 15.8 Å². The Morgan fingerprint density at radius 2 is 1.81 bits per heavy atom. The summed E-state index contributed by atoms with van der Waals surface area (Å²) in [6.45, 7) is 5.57. The van der Waals surface area contributed by atoms with E-state index < -0.39 is 23.8 Å². The fourth-order valence-corrected chi connectivity index (χ4v) is 3.80. The Morgan fingerprint density at radius 1 is 1.06 bits per heavy atom. The zero-order valence-electron chi connectivity index (χ0n) is 19.9. The van der Waals surface area contributed by atoms with Crippen molar-refractivity contribution in [1.82, 2.24) is 10.7 Å². The lowest BCUT2D eigenvalue weighted by Crippen LogP contribution is -2.48. The molecule has 0 saturated carbocycles. The number of nitrogens with zero attached hydrogens (tertiary/aromatic N) is 1. The van der Waals surface area contributed by atoms with E-state index in [4.69, 9.17) is 32.4 Å². The van der Waals surface area contributed by atoms with E-state index in [0.717, 1.165) is 0 Å². The molecule has 3 rings (SSSR count). The predicted molar refractivity (Wildman–Crippen MR) is 138 cm³/mol. The van der Waals surface area contributed by atoms with Gasteiger partial charge in [0.15, 0.2) is 0 Å². The number of furan rings is 1. The number of hydrazone groups is 1. The molecule has 2 N–H and O–H groups in total. The molecule has 2 amide bonds. The van der Waals surface area contributed by atoms with Crippen LogP contribution in [0.25, 0.3) is 11.3 Å². The maximum absolute atomic E-state index is 12.7. The lowest BCUT2D eigenvalue weighted by Gasteiger charge is -2.20. The number of esters is 1. The maximum atomic E-state index is 12.7. The van der Waals surface area contributed by atoms with E-state index in [9.17, 15) is 14.4 Å². The Hall–Kier alpha value is -3.62. The molecule has 0 aliphatic rings. The van der Waals surface area contributed by atoms with Crippen molar-refractivity contribution in [3.05, 3.63) is 81.5 Å². The first-order chi connectivity index (χ1) is 17.2. The average Bonchev–Trinajstić information content (AvgIpc) is 3.31. The Bertz CT molecular complexity index is 1290. The maximum Gasteiger partial charge on any atom is 0.338 e. The van der Waals surface area contributed by atoms with Gasteiger partial charge >= 0.3 is 5.97 Å². The topological polar surface area (TPSA) is 110 Å². The summed E-state index contributed by atoms with van der Waals surface area (Å²) in [6.07, 6.45) is 1.32. The number of rotatable bonds is 9. The molecule has 0 saturated heterocycles. The Balaban J connectivity index is 1.67. The van der Waals surface area contributed by atoms with Gasteiger partial charge in [0.25, 0.3) is 11.8 Å². The second-order valence-electron chi connectivity index (χ2n) is 8.02. The van der Waals surface area contributed by atoms with E-state index in [-0.39, 0.29) is 23.1 Å². The zero-order chi connectivity index (χ0) is 26.2. The molecule has 8 nitrogen and oxygen atoms in total. The van der Waals surface area contributed by atoms with Crippen LogP contribution in [0.3, 0.4) is 0 Å². The van der Waals surface area contributed by atoms with Crippen LogP contribution >= 0.6 is 23.2 Å². The van der Waals surface area contributed by atoms with Crippen LogP contribution in [-0.2, 0) is 9.53 Å². The van der Waals surface area contributed by atoms with Crippen molar-refractivity contribution < 1.29 is 23.5 Å². The lowest BCUT2D eigenvalue weighted by atomic mass is 10.0. The lowest BCUT2D eigenvalue weighted by molar-refractivity contribution is -0.123. The van der Waals surface area contributed by atoms with Gasteiger partial charge in [-0.2, -0.15) is 5.10 Å². The third-order valence-electron chi connectivity index (χ3n) is 5.09. The molecule has 0 aliphatic heterocycles. The third kappa shape index (κ3) is 6.74. The normalized spacial score (nSPS) is 11.9. The van der Waals surface area contributed by atoms with Gasteiger partial charge in [0.05, 0.1) is 29.0 Å². The second-order valence-corrected chi connectivity index (χ2v) is 8.87. The Morgan fingerprint density at radius 3 is 2.50 bits per heavy atom. The number of carbonyl (C=O) groups excluding carboxylic acids is 3. The summed E-state index contributed by atoms with van der Waals surface area (Å²) >= 11 is 12.0. The van der Waals surface area contributed by atoms with Crippen molar-refractivity contribution >= 4 is 47.2 Å². The fraction of sp³-hybridized carbons (Fsp3) is 0.231. The number of hydrogen-bond acceptors (Lipinski definition) is 6. The molecule has 0 fully saturated rings. The Labute approximate surface area is 218 Å². The number of benzene rings is 2. The molecule has 0 spiro atoms. The zero-order valence-corrected chi connectivity index (χ0v) is 21.4. The first kappa shape index (κ1) is 27.0. The van der Waals surface area contributed by atoms with Crippen LogP contribution in [0.4, 0.5) is 0 Å². The number of amides is 2. The van der Waals surface area contributed by atoms with Gasteiger partial charge in [0.1, 0.15) is 17.6 Å². The van der Waals surface area contributed by atoms with Crippen LogP contribution in [-0.4, -0.2) is 36.6 Å². The minimum atomic E-state index is -0.870. The number of hydrogen-bond donors (Lipinski definition) is 2. The van der Waals surface area contributed by atoms with Gasteiger partial charge < -0.3 is 14.5 Å². The first-order valence-corrected chi connectivity index (χ1v) is 11.9. The van der Waals surface area contributed by atoms with E-state index >= 15 is 0 Å². The average molecular weight is 530 g/mol. The molecule has 0 radical (unpaired) electrons. The van der Waals surface area contributed by atoms with E-state index in [1.165, 1.54) is 18.3 Å². The molecule has 2 aromatic carbocycles. The standard InChI is InChI=1S/C26H25Cl2N3O5/c1-4-35-26(34)19-8-6-5-7-18(19)22-12-10-17(36-22)14-29-31-25(33)23(15(2)3)30-24(32)20-11-9-16(27)13-21(20)28/h5-15,23H,4H2,1-3H3,(H,30,32)(H,31,33). The van der Waals surface area contributed by atoms with Crippen LogP contribution in [0.5, 0.6) is 0 Å². The van der Waals surface area contributed by atoms with Crippen LogP contribution in [0.15, 0.2) is 64.1 Å². The summed E-state index contributed by atoms with van der Waals surface area (Å²) in [7, 11) is 0. The largest absolute Gasteiger partial charge is 0.462 e. The van der Waals surface area contributed by atoms with E-state index in [0.29, 0.717) is 27.7 Å². The summed E-state index contributed by atoms with van der Waals surface area (Å²) in [6, 6.07) is 13.9. The van der Waals surface area contributed by atoms with Gasteiger partial charge in [-0.15, -0.1) is 0 Å². The first-order valence-electron chi connectivity index (χ1n) is 11.2. The van der Waals surface area contributed by atoms with Crippen LogP contribution in [0.2, 0.25) is 10.0 Å². The van der Waals surface area contributed by atoms with Crippen molar-refractivity contribution in [3.63, 3.8) is 0 Å². The monoisotopic (exact) mass is 529 g/mol. The second kappa shape index (κ2) is 12.4. The summed E-state index contributed by atoms with van der Waals surface area (Å²) in [5.74, 6) is -0.913. The molecular weight excluding hydrogens is 505 g/mol. The minimum Gasteiger partial charge on any atom is -0.462 e. The molecule has 3 aromatic rings. The van der Waals surface area contributed by atoms with Gasteiger partial charge in [-0.1, -0.05) is 55.2 Å². The van der Waals surface area contributed by atoms with Crippen molar-refractivity contribution in [1.29, 1.82) is 0 Å². The third-order valence-corrected chi connectivity index (χ3v) is 5.64. The van der Waals surface area contributed by atoms with Crippen molar-refractivity contribution in [2.45, 2.75) is 26.8 Å². The summed E-state index contributed by atoms with van der Waals surface area (Å²) in [4.78, 5) is 37.6. The van der Waals surface area contributed by atoms with Crippen molar-refractivity contribution in [2.75, 3.05) is 6.61 Å². The van der Waals surface area contributed by atoms with Gasteiger partial charge in [-0.25, -0.2) is 10.2 Å². The molecule has 188 valence electrons. The predicted octanol–water partition coefficient (Wildman–Crippen LogP) is 5.33. The number of carbonyl (C=O) groups is 3. The quantitative estimate of drug-likeness (QED) is 0.221. The molecule has 1 unspecified atom stereocenters. The van der Waals surface area contributed by atoms with Gasteiger partial charge in [0, 0.05) is 10.6 Å². The number of ether oxygens (including phenoxy) is 1. The summed E-state index contributed by atoms with van der Waals surface area (Å²) < 4.78 is 10.9. The SMILES string of the molecule is CCOC(=O)c1ccccc1-c1ccc(C=NNC(=O)C(NC(=O)c2ccc(Cl)cc2Cl)C(C)C)o1. The smallest absolute Gasteiger partial charge is 0.338 e. The highest BCUT2D eigenvalue weighted by Crippen LogP contribution is 2.26. The molecule has 0 bridgehead atoms. The van der Waals surface area contributed by atoms with Gasteiger partial charge in [-0.05, 0) is 49.2 Å². The molecule has 1 aromatic heterocycles. The molecular formula is C26H25Cl2N3O5. The molecule has 36 heavy (non-hydrogen) atoms. The molecule has 0 aliphatic carbocycles. The minimum absolute atomic E-state index is 0.180. The van der Waals surface area contributed by atoms with E-state index in [1.807, 2.05) is 0 Å². The van der Waals surface area contributed by atoms with Gasteiger partial charge in [-0.3, -0.25) is 9.59 Å². The van der Waals surface area contributed by atoms with Crippen molar-refractivity contribution in [3.8, 4) is 11.3 Å². The Kier molecular flexibility index (Phi) is 9.27. The fourth-order valence-electron chi connectivity index (χ4n) is 3.31. The molecule has 1 atom stereocenters. The summed E-state index contributed by atoms with van der Waals surface area (Å²) in [5.41, 5.74) is 3.57. The highest BCUT2D eigenvalue weighted by Gasteiger charge is 2.25. The molecule has 10 heteroatoms. The van der Waals surface area contributed by atoms with Crippen molar-refractivity contribution in [2.24, 2.45) is 11.0 Å². The van der Waals surface area contributed by atoms with Crippen LogP contribution in [0, 0.1) is 5.92 Å². The molecule has 1 heterocycles. The summed E-state index contributed by atoms with van der Waals surface area (Å²) in [5, 5.41) is 7.20. The highest BCUT2D eigenvalue weighted by molar-refractivity contribution is 6.36. The number of nitrogens with one attached hydrogen (secondary N) is 2. The number of halogens is 2. The van der Waals surface area contributed by atoms with Gasteiger partial charge in [0.2, 0.25) is 0 Å². The van der Waals surface area contributed by atoms with Crippen LogP contribution < -0.4 is 10.7 Å².